The van der Waals surface area contributed by atoms with Crippen LogP contribution in [0.25, 0.3) is 11.0 Å². The second-order valence-electron chi connectivity index (χ2n) is 4.18. The van der Waals surface area contributed by atoms with Gasteiger partial charge in [0.15, 0.2) is 0 Å². The van der Waals surface area contributed by atoms with Gasteiger partial charge in [-0.15, -0.1) is 12.4 Å². The van der Waals surface area contributed by atoms with E-state index in [1.807, 2.05) is 24.3 Å². The smallest absolute Gasteiger partial charge is 0.233 e. The number of halogens is 1. The number of para-hydroxylation sites is 2. The van der Waals surface area contributed by atoms with E-state index in [2.05, 4.69) is 20.6 Å². The lowest BCUT2D eigenvalue weighted by atomic mass is 10.3. The molecule has 104 valence electrons. The van der Waals surface area contributed by atoms with E-state index in [1.54, 1.807) is 7.05 Å². The fraction of sp³-hybridized carbons (Fsp3) is 0.385. The molecule has 2 rings (SSSR count). The number of carbonyl (C=O) groups is 1. The number of hydrogen-bond acceptors (Lipinski definition) is 3. The molecule has 0 bridgehead atoms. The zero-order chi connectivity index (χ0) is 12.8. The highest BCUT2D eigenvalue weighted by Crippen LogP contribution is 2.10. The Hall–Kier alpha value is -1.59. The van der Waals surface area contributed by atoms with Crippen molar-refractivity contribution >= 4 is 29.3 Å². The molecule has 1 aromatic carbocycles. The van der Waals surface area contributed by atoms with Gasteiger partial charge in [0.2, 0.25) is 5.91 Å². The molecule has 0 aliphatic heterocycles. The molecule has 1 aromatic heterocycles. The largest absolute Gasteiger partial charge is 0.355 e. The molecule has 0 fully saturated rings. The minimum Gasteiger partial charge on any atom is -0.355 e. The number of amides is 1. The average Bonchev–Trinajstić information content (AvgIpc) is 2.77. The van der Waals surface area contributed by atoms with E-state index in [4.69, 9.17) is 0 Å². The number of H-pyrrole nitrogens is 1. The molecule has 0 radical (unpaired) electrons. The van der Waals surface area contributed by atoms with Gasteiger partial charge in [-0.05, 0) is 25.6 Å². The quantitative estimate of drug-likeness (QED) is 0.699. The minimum atomic E-state index is 0. The van der Waals surface area contributed by atoms with E-state index in [0.717, 1.165) is 29.7 Å². The summed E-state index contributed by atoms with van der Waals surface area (Å²) in [6.07, 6.45) is 1.73. The highest BCUT2D eigenvalue weighted by atomic mass is 35.5. The molecule has 19 heavy (non-hydrogen) atoms. The molecule has 3 N–H and O–H groups in total. The van der Waals surface area contributed by atoms with Crippen molar-refractivity contribution in [1.29, 1.82) is 0 Å². The Kier molecular flexibility index (Phi) is 6.32. The summed E-state index contributed by atoms with van der Waals surface area (Å²) in [5, 5.41) is 5.66. The van der Waals surface area contributed by atoms with Crippen molar-refractivity contribution in [1.82, 2.24) is 20.6 Å². The van der Waals surface area contributed by atoms with E-state index < -0.39 is 0 Å². The van der Waals surface area contributed by atoms with Crippen molar-refractivity contribution in [2.45, 2.75) is 12.8 Å². The van der Waals surface area contributed by atoms with Gasteiger partial charge in [-0.25, -0.2) is 4.98 Å². The van der Waals surface area contributed by atoms with Crippen LogP contribution in [0, 0.1) is 0 Å². The summed E-state index contributed by atoms with van der Waals surface area (Å²) in [5.41, 5.74) is 2.05. The lowest BCUT2D eigenvalue weighted by Gasteiger charge is -2.03. The van der Waals surface area contributed by atoms with Crippen LogP contribution in [0.2, 0.25) is 0 Å². The molecule has 6 heteroatoms. The Balaban J connectivity index is 0.00000180. The number of nitrogens with one attached hydrogen (secondary N) is 3. The van der Waals surface area contributed by atoms with Crippen LogP contribution in [-0.4, -0.2) is 36.0 Å². The van der Waals surface area contributed by atoms with E-state index in [0.29, 0.717) is 13.1 Å². The Bertz CT molecular complexity index is 493. The van der Waals surface area contributed by atoms with Crippen LogP contribution in [0.1, 0.15) is 12.2 Å². The third-order valence-corrected chi connectivity index (χ3v) is 2.69. The molecule has 5 nitrogen and oxygen atoms in total. The number of carbonyl (C=O) groups excluding carboxylic acids is 1. The summed E-state index contributed by atoms with van der Waals surface area (Å²) in [7, 11) is 1.76. The zero-order valence-electron chi connectivity index (χ0n) is 10.9. The maximum absolute atomic E-state index is 11.2. The van der Waals surface area contributed by atoms with E-state index >= 15 is 0 Å². The number of fused-ring (bicyclic) bond motifs is 1. The molecular formula is C13H19ClN4O. The lowest BCUT2D eigenvalue weighted by molar-refractivity contribution is -0.120. The number of likely N-dealkylation sites (N-methyl/N-ethyl adjacent to an activating group) is 1. The maximum atomic E-state index is 11.2. The number of imidazole rings is 1. The predicted molar refractivity (Wildman–Crippen MR) is 78.6 cm³/mol. The van der Waals surface area contributed by atoms with Crippen LogP contribution in [0.5, 0.6) is 0 Å². The number of rotatable bonds is 6. The Morgan fingerprint density at radius 3 is 2.89 bits per heavy atom. The van der Waals surface area contributed by atoms with Crippen LogP contribution in [0.4, 0.5) is 0 Å². The second-order valence-corrected chi connectivity index (χ2v) is 4.18. The number of aromatic nitrogens is 2. The summed E-state index contributed by atoms with van der Waals surface area (Å²) in [5.74, 6) is 1.00. The highest BCUT2D eigenvalue weighted by molar-refractivity contribution is 5.85. The Morgan fingerprint density at radius 1 is 1.37 bits per heavy atom. The summed E-state index contributed by atoms with van der Waals surface area (Å²) in [4.78, 5) is 19.0. The molecule has 0 saturated heterocycles. The van der Waals surface area contributed by atoms with Gasteiger partial charge >= 0.3 is 0 Å². The van der Waals surface area contributed by atoms with Crippen LogP contribution in [-0.2, 0) is 11.2 Å². The van der Waals surface area contributed by atoms with Gasteiger partial charge in [0.05, 0.1) is 17.6 Å². The highest BCUT2D eigenvalue weighted by Gasteiger charge is 2.02. The van der Waals surface area contributed by atoms with Gasteiger partial charge in [-0.1, -0.05) is 12.1 Å². The Morgan fingerprint density at radius 2 is 2.16 bits per heavy atom. The Labute approximate surface area is 118 Å². The molecule has 0 atom stereocenters. The van der Waals surface area contributed by atoms with Gasteiger partial charge in [0.1, 0.15) is 5.82 Å². The first kappa shape index (κ1) is 15.5. The number of hydrogen-bond donors (Lipinski definition) is 3. The number of aromatic amines is 1. The normalized spacial score (nSPS) is 10.2. The van der Waals surface area contributed by atoms with Gasteiger partial charge in [-0.3, -0.25) is 4.79 Å². The molecule has 0 aliphatic carbocycles. The van der Waals surface area contributed by atoms with Crippen molar-refractivity contribution < 1.29 is 4.79 Å². The van der Waals surface area contributed by atoms with Crippen LogP contribution in [0.3, 0.4) is 0 Å². The van der Waals surface area contributed by atoms with Crippen LogP contribution in [0.15, 0.2) is 24.3 Å². The molecule has 1 amide bonds. The molecular weight excluding hydrogens is 264 g/mol. The summed E-state index contributed by atoms with van der Waals surface area (Å²) < 4.78 is 0. The SMILES string of the molecule is CNCC(=O)NCCCc1nc2ccccc2[nH]1.Cl. The lowest BCUT2D eigenvalue weighted by Crippen LogP contribution is -2.32. The van der Waals surface area contributed by atoms with E-state index in [9.17, 15) is 4.79 Å². The van der Waals surface area contributed by atoms with Crippen molar-refractivity contribution in [3.63, 3.8) is 0 Å². The first-order chi connectivity index (χ1) is 8.79. The van der Waals surface area contributed by atoms with E-state index in [-0.39, 0.29) is 18.3 Å². The van der Waals surface area contributed by atoms with Crippen LogP contribution < -0.4 is 10.6 Å². The number of nitrogens with zero attached hydrogens (tertiary/aromatic N) is 1. The molecule has 2 aromatic rings. The molecule has 0 saturated carbocycles. The predicted octanol–water partition coefficient (Wildman–Crippen LogP) is 1.25. The van der Waals surface area contributed by atoms with E-state index in [1.165, 1.54) is 0 Å². The third kappa shape index (κ3) is 4.54. The number of aryl methyl sites for hydroxylation is 1. The zero-order valence-corrected chi connectivity index (χ0v) is 11.7. The first-order valence-corrected chi connectivity index (χ1v) is 6.14. The van der Waals surface area contributed by atoms with Gasteiger partial charge < -0.3 is 15.6 Å². The standard InChI is InChI=1S/C13H18N4O.ClH/c1-14-9-13(18)15-8-4-7-12-16-10-5-2-3-6-11(10)17-12;/h2-3,5-6,14H,4,7-9H2,1H3,(H,15,18)(H,16,17);1H. The molecule has 1 heterocycles. The van der Waals surface area contributed by atoms with Crippen molar-refractivity contribution in [2.75, 3.05) is 20.1 Å². The van der Waals surface area contributed by atoms with Crippen molar-refractivity contribution in [3.05, 3.63) is 30.1 Å². The van der Waals surface area contributed by atoms with Gasteiger partial charge in [0.25, 0.3) is 0 Å². The number of benzene rings is 1. The van der Waals surface area contributed by atoms with Crippen molar-refractivity contribution in [2.24, 2.45) is 0 Å². The fourth-order valence-corrected chi connectivity index (χ4v) is 1.83. The summed E-state index contributed by atoms with van der Waals surface area (Å²) in [6.45, 7) is 1.04. The monoisotopic (exact) mass is 282 g/mol. The fourth-order valence-electron chi connectivity index (χ4n) is 1.83. The summed E-state index contributed by atoms with van der Waals surface area (Å²) >= 11 is 0. The third-order valence-electron chi connectivity index (χ3n) is 2.69. The first-order valence-electron chi connectivity index (χ1n) is 6.14. The molecule has 0 aliphatic rings. The molecule has 0 unspecified atom stereocenters. The second kappa shape index (κ2) is 7.76. The topological polar surface area (TPSA) is 69.8 Å². The molecule has 0 spiro atoms. The summed E-state index contributed by atoms with van der Waals surface area (Å²) in [6, 6.07) is 7.97. The van der Waals surface area contributed by atoms with Gasteiger partial charge in [-0.2, -0.15) is 0 Å². The minimum absolute atomic E-state index is 0. The maximum Gasteiger partial charge on any atom is 0.233 e. The van der Waals surface area contributed by atoms with Crippen LogP contribution >= 0.6 is 12.4 Å². The van der Waals surface area contributed by atoms with Crippen molar-refractivity contribution in [3.8, 4) is 0 Å². The average molecular weight is 283 g/mol. The van der Waals surface area contributed by atoms with Gasteiger partial charge in [0, 0.05) is 13.0 Å².